The van der Waals surface area contributed by atoms with Crippen LogP contribution in [0.25, 0.3) is 0 Å². The lowest BCUT2D eigenvalue weighted by Gasteiger charge is -2.22. The molecule has 1 heteroatoms. The summed E-state index contributed by atoms with van der Waals surface area (Å²) < 4.78 is 0. The first-order valence-electron chi connectivity index (χ1n) is 6.15. The second-order valence-corrected chi connectivity index (χ2v) is 7.20. The molecule has 1 aliphatic carbocycles. The monoisotopic (exact) mass is 224 g/mol. The molecule has 1 atom stereocenters. The SMILES string of the molecule is CC(C#CC(C)(C)C)SC1CCCCC1. The minimum atomic E-state index is 0.154. The van der Waals surface area contributed by atoms with Crippen molar-refractivity contribution >= 4 is 11.8 Å². The summed E-state index contributed by atoms with van der Waals surface area (Å²) in [6.07, 6.45) is 7.12. The normalized spacial score (nSPS) is 20.5. The second-order valence-electron chi connectivity index (χ2n) is 5.56. The highest BCUT2D eigenvalue weighted by Gasteiger charge is 2.16. The first-order valence-corrected chi connectivity index (χ1v) is 7.10. The van der Waals surface area contributed by atoms with Gasteiger partial charge < -0.3 is 0 Å². The van der Waals surface area contributed by atoms with Crippen molar-refractivity contribution in [3.63, 3.8) is 0 Å². The summed E-state index contributed by atoms with van der Waals surface area (Å²) in [5.74, 6) is 6.72. The van der Waals surface area contributed by atoms with Gasteiger partial charge in [0.1, 0.15) is 0 Å². The van der Waals surface area contributed by atoms with Crippen LogP contribution < -0.4 is 0 Å². The molecule has 86 valence electrons. The minimum Gasteiger partial charge on any atom is -0.142 e. The van der Waals surface area contributed by atoms with Crippen molar-refractivity contribution in [2.24, 2.45) is 5.41 Å². The molecule has 15 heavy (non-hydrogen) atoms. The summed E-state index contributed by atoms with van der Waals surface area (Å²) in [6, 6.07) is 0. The van der Waals surface area contributed by atoms with Gasteiger partial charge in [-0.2, -0.15) is 0 Å². The molecule has 0 radical (unpaired) electrons. The van der Waals surface area contributed by atoms with E-state index in [-0.39, 0.29) is 5.41 Å². The van der Waals surface area contributed by atoms with Crippen LogP contribution in [0, 0.1) is 17.3 Å². The van der Waals surface area contributed by atoms with Gasteiger partial charge in [-0.05, 0) is 40.5 Å². The largest absolute Gasteiger partial charge is 0.142 e. The molecule has 0 N–H and O–H groups in total. The Balaban J connectivity index is 2.33. The molecule has 1 fully saturated rings. The van der Waals surface area contributed by atoms with E-state index in [1.54, 1.807) is 0 Å². The van der Waals surface area contributed by atoms with Crippen molar-refractivity contribution in [2.75, 3.05) is 0 Å². The summed E-state index contributed by atoms with van der Waals surface area (Å²) in [6.45, 7) is 8.78. The van der Waals surface area contributed by atoms with Crippen LogP contribution in [0.2, 0.25) is 0 Å². The maximum Gasteiger partial charge on any atom is 0.0631 e. The van der Waals surface area contributed by atoms with Crippen LogP contribution in [-0.4, -0.2) is 10.5 Å². The van der Waals surface area contributed by atoms with Gasteiger partial charge >= 0.3 is 0 Å². The molecule has 0 aromatic carbocycles. The van der Waals surface area contributed by atoms with E-state index in [4.69, 9.17) is 0 Å². The quantitative estimate of drug-likeness (QED) is 0.623. The van der Waals surface area contributed by atoms with Crippen molar-refractivity contribution < 1.29 is 0 Å². The van der Waals surface area contributed by atoms with Gasteiger partial charge in [0.15, 0.2) is 0 Å². The van der Waals surface area contributed by atoms with Crippen molar-refractivity contribution in [1.82, 2.24) is 0 Å². The molecule has 0 nitrogen and oxygen atoms in total. The van der Waals surface area contributed by atoms with Crippen molar-refractivity contribution in [3.05, 3.63) is 0 Å². The highest BCUT2D eigenvalue weighted by molar-refractivity contribution is 8.00. The van der Waals surface area contributed by atoms with Gasteiger partial charge in [-0.1, -0.05) is 31.1 Å². The average Bonchev–Trinajstić information content (AvgIpc) is 2.15. The summed E-state index contributed by atoms with van der Waals surface area (Å²) in [5.41, 5.74) is 0.154. The lowest BCUT2D eigenvalue weighted by Crippen LogP contribution is -2.12. The van der Waals surface area contributed by atoms with Crippen molar-refractivity contribution in [1.29, 1.82) is 0 Å². The highest BCUT2D eigenvalue weighted by atomic mass is 32.2. The molecule has 0 aromatic rings. The van der Waals surface area contributed by atoms with Gasteiger partial charge in [0.25, 0.3) is 0 Å². The van der Waals surface area contributed by atoms with Gasteiger partial charge in [0.2, 0.25) is 0 Å². The minimum absolute atomic E-state index is 0.154. The first kappa shape index (κ1) is 13.0. The summed E-state index contributed by atoms with van der Waals surface area (Å²) >= 11 is 2.09. The third-order valence-electron chi connectivity index (χ3n) is 2.60. The first-order chi connectivity index (χ1) is 6.97. The summed E-state index contributed by atoms with van der Waals surface area (Å²) in [4.78, 5) is 0. The number of hydrogen-bond donors (Lipinski definition) is 0. The zero-order chi connectivity index (χ0) is 11.3. The molecule has 0 amide bonds. The molecule has 1 saturated carbocycles. The lowest BCUT2D eigenvalue weighted by molar-refractivity contribution is 0.515. The van der Waals surface area contributed by atoms with Crippen LogP contribution in [0.1, 0.15) is 59.8 Å². The molecule has 1 rings (SSSR count). The van der Waals surface area contributed by atoms with Gasteiger partial charge in [0.05, 0.1) is 5.25 Å². The van der Waals surface area contributed by atoms with E-state index in [1.165, 1.54) is 32.1 Å². The predicted molar refractivity (Wildman–Crippen MR) is 71.2 cm³/mol. The Morgan fingerprint density at radius 3 is 2.27 bits per heavy atom. The van der Waals surface area contributed by atoms with E-state index in [9.17, 15) is 0 Å². The van der Waals surface area contributed by atoms with Crippen LogP contribution in [0.15, 0.2) is 0 Å². The fraction of sp³-hybridized carbons (Fsp3) is 0.857. The topological polar surface area (TPSA) is 0 Å². The van der Waals surface area contributed by atoms with E-state index in [2.05, 4.69) is 51.3 Å². The molecule has 0 spiro atoms. The average molecular weight is 224 g/mol. The van der Waals surface area contributed by atoms with E-state index in [0.717, 1.165) is 5.25 Å². The zero-order valence-corrected chi connectivity index (χ0v) is 11.4. The van der Waals surface area contributed by atoms with Gasteiger partial charge in [-0.25, -0.2) is 0 Å². The number of rotatable bonds is 2. The number of thioether (sulfide) groups is 1. The second kappa shape index (κ2) is 5.85. The standard InChI is InChI=1S/C14H24S/c1-12(10-11-14(2,3)4)15-13-8-6-5-7-9-13/h12-13H,5-9H2,1-4H3. The maximum atomic E-state index is 3.38. The van der Waals surface area contributed by atoms with E-state index in [0.29, 0.717) is 5.25 Å². The third-order valence-corrected chi connectivity index (χ3v) is 3.98. The van der Waals surface area contributed by atoms with Crippen molar-refractivity contribution in [3.8, 4) is 11.8 Å². The van der Waals surface area contributed by atoms with Crippen molar-refractivity contribution in [2.45, 2.75) is 70.3 Å². The molecule has 1 unspecified atom stereocenters. The van der Waals surface area contributed by atoms with Crippen LogP contribution in [0.3, 0.4) is 0 Å². The van der Waals surface area contributed by atoms with Crippen LogP contribution >= 0.6 is 11.8 Å². The summed E-state index contributed by atoms with van der Waals surface area (Å²) in [7, 11) is 0. The highest BCUT2D eigenvalue weighted by Crippen LogP contribution is 2.30. The van der Waals surface area contributed by atoms with E-state index >= 15 is 0 Å². The summed E-state index contributed by atoms with van der Waals surface area (Å²) in [5, 5.41) is 1.38. The lowest BCUT2D eigenvalue weighted by atomic mass is 9.98. The number of hydrogen-bond acceptors (Lipinski definition) is 1. The van der Waals surface area contributed by atoms with Gasteiger partial charge in [-0.15, -0.1) is 11.8 Å². The van der Waals surface area contributed by atoms with E-state index in [1.807, 2.05) is 0 Å². The van der Waals surface area contributed by atoms with Crippen LogP contribution in [0.5, 0.6) is 0 Å². The molecule has 0 heterocycles. The molecule has 0 aromatic heterocycles. The molecule has 0 aliphatic heterocycles. The van der Waals surface area contributed by atoms with Crippen LogP contribution in [0.4, 0.5) is 0 Å². The Kier molecular flexibility index (Phi) is 5.06. The fourth-order valence-corrected chi connectivity index (χ4v) is 3.15. The Hall–Kier alpha value is -0.0900. The Labute approximate surface area is 99.6 Å². The van der Waals surface area contributed by atoms with Gasteiger partial charge in [-0.3, -0.25) is 0 Å². The molecular formula is C14H24S. The zero-order valence-electron chi connectivity index (χ0n) is 10.6. The third kappa shape index (κ3) is 6.15. The molecular weight excluding hydrogens is 200 g/mol. The maximum absolute atomic E-state index is 3.38. The van der Waals surface area contributed by atoms with E-state index < -0.39 is 0 Å². The predicted octanol–water partition coefficient (Wildman–Crippen LogP) is 4.49. The molecule has 1 aliphatic rings. The Bertz CT molecular complexity index is 232. The molecule has 0 saturated heterocycles. The Morgan fingerprint density at radius 2 is 1.73 bits per heavy atom. The molecule has 0 bridgehead atoms. The smallest absolute Gasteiger partial charge is 0.0631 e. The fourth-order valence-electron chi connectivity index (χ4n) is 1.84. The van der Waals surface area contributed by atoms with Crippen LogP contribution in [-0.2, 0) is 0 Å². The van der Waals surface area contributed by atoms with Gasteiger partial charge in [0, 0.05) is 10.7 Å². The Morgan fingerprint density at radius 1 is 1.13 bits per heavy atom.